The molecule has 1 aromatic carbocycles. The fraction of sp³-hybridized carbons (Fsp3) is 0.500. The van der Waals surface area contributed by atoms with Crippen LogP contribution in [0.1, 0.15) is 11.1 Å². The van der Waals surface area contributed by atoms with Gasteiger partial charge in [0.2, 0.25) is 0 Å². The molecule has 0 aliphatic rings. The molecule has 1 aromatic rings. The summed E-state index contributed by atoms with van der Waals surface area (Å²) in [6, 6.07) is 10.5. The molecular weight excluding hydrogens is 200 g/mol. The van der Waals surface area contributed by atoms with E-state index in [-0.39, 0.29) is 9.04 Å². The van der Waals surface area contributed by atoms with Crippen LogP contribution in [0.25, 0.3) is 0 Å². The molecule has 0 radical (unpaired) electrons. The largest absolute Gasteiger partial charge is 0.0720 e. The van der Waals surface area contributed by atoms with Crippen LogP contribution in [0.4, 0.5) is 0 Å². The lowest BCUT2D eigenvalue weighted by atomic mass is 10.1. The third-order valence-corrected chi connectivity index (χ3v) is 10.3. The Balaban J connectivity index is 2.35. The van der Waals surface area contributed by atoms with Crippen molar-refractivity contribution in [1.29, 1.82) is 0 Å². The molecule has 0 amide bonds. The maximum Gasteiger partial charge on any atom is 0.0310 e. The van der Waals surface area contributed by atoms with E-state index in [0.29, 0.717) is 0 Å². The van der Waals surface area contributed by atoms with Gasteiger partial charge in [-0.15, -0.1) is 0 Å². The smallest absolute Gasteiger partial charge is 0.0310 e. The molecule has 2 heteroatoms. The van der Waals surface area contributed by atoms with Crippen molar-refractivity contribution >= 4 is 16.6 Å². The van der Waals surface area contributed by atoms with Crippen LogP contribution in [0.3, 0.4) is 0 Å². The van der Waals surface area contributed by atoms with Crippen molar-refractivity contribution in [2.45, 2.75) is 39.0 Å². The second kappa shape index (κ2) is 4.94. The minimum Gasteiger partial charge on any atom is -0.0720 e. The summed E-state index contributed by atoms with van der Waals surface area (Å²) in [6.07, 6.45) is 1.32. The van der Waals surface area contributed by atoms with E-state index in [9.17, 15) is 0 Å². The summed E-state index contributed by atoms with van der Waals surface area (Å²) in [5, 5.41) is 0. The number of aryl methyl sites for hydroxylation is 2. The van der Waals surface area contributed by atoms with E-state index in [1.165, 1.54) is 23.6 Å². The van der Waals surface area contributed by atoms with E-state index >= 15 is 0 Å². The van der Waals surface area contributed by atoms with Crippen LogP contribution in [0, 0.1) is 6.92 Å². The van der Waals surface area contributed by atoms with Gasteiger partial charge in [0.05, 0.1) is 0 Å². The highest BCUT2D eigenvalue weighted by molar-refractivity contribution is 7.23. The molecule has 0 atom stereocenters. The van der Waals surface area contributed by atoms with E-state index in [2.05, 4.69) is 50.8 Å². The minimum absolute atomic E-state index is 0.235. The van der Waals surface area contributed by atoms with Crippen LogP contribution in [0.2, 0.25) is 25.7 Å². The van der Waals surface area contributed by atoms with Crippen LogP contribution in [0.5, 0.6) is 0 Å². The average molecular weight is 222 g/mol. The van der Waals surface area contributed by atoms with Crippen LogP contribution < -0.4 is 0 Å². The summed E-state index contributed by atoms with van der Waals surface area (Å²) in [5.74, 6) is 0. The van der Waals surface area contributed by atoms with E-state index < -0.39 is 7.59 Å². The Morgan fingerprint density at radius 3 is 2.14 bits per heavy atom. The Kier molecular flexibility index (Phi) is 4.14. The molecule has 0 N–H and O–H groups in total. The first-order valence-corrected chi connectivity index (χ1v) is 12.4. The minimum atomic E-state index is -0.683. The van der Waals surface area contributed by atoms with Gasteiger partial charge in [-0.05, 0) is 18.9 Å². The topological polar surface area (TPSA) is 0 Å². The van der Waals surface area contributed by atoms with Crippen molar-refractivity contribution in [2.75, 3.05) is 0 Å². The van der Waals surface area contributed by atoms with Crippen molar-refractivity contribution < 1.29 is 0 Å². The predicted molar refractivity (Wildman–Crippen MR) is 71.6 cm³/mol. The predicted octanol–water partition coefficient (Wildman–Crippen LogP) is 2.96. The second-order valence-electron chi connectivity index (χ2n) is 5.40. The summed E-state index contributed by atoms with van der Waals surface area (Å²) in [5.41, 5.74) is 2.90. The monoisotopic (exact) mass is 222 g/mol. The lowest BCUT2D eigenvalue weighted by Crippen LogP contribution is -2.29. The Morgan fingerprint density at radius 2 is 1.64 bits per heavy atom. The molecule has 0 saturated heterocycles. The summed E-state index contributed by atoms with van der Waals surface area (Å²) < 4.78 is 0. The highest BCUT2D eigenvalue weighted by Gasteiger charge is 2.12. The standard InChI is InChI=1S/C12H22Si2/c1-11-5-7-12(8-6-11)9-10-13-14(2,3)4/h5-8H,9-10,13H2,1-4H3. The molecule has 0 saturated carbocycles. The van der Waals surface area contributed by atoms with Crippen molar-refractivity contribution in [3.05, 3.63) is 35.4 Å². The first-order chi connectivity index (χ1) is 6.47. The first-order valence-electron chi connectivity index (χ1n) is 5.53. The zero-order chi connectivity index (χ0) is 10.6. The first kappa shape index (κ1) is 11.7. The Labute approximate surface area is 91.4 Å². The average Bonchev–Trinajstić information content (AvgIpc) is 2.06. The second-order valence-corrected chi connectivity index (χ2v) is 19.6. The zero-order valence-electron chi connectivity index (χ0n) is 9.93. The molecule has 0 aliphatic carbocycles. The lowest BCUT2D eigenvalue weighted by Gasteiger charge is -2.14. The molecule has 0 nitrogen and oxygen atoms in total. The molecule has 78 valence electrons. The highest BCUT2D eigenvalue weighted by Crippen LogP contribution is 2.08. The van der Waals surface area contributed by atoms with Crippen molar-refractivity contribution in [1.82, 2.24) is 0 Å². The van der Waals surface area contributed by atoms with Gasteiger partial charge in [0.25, 0.3) is 0 Å². The van der Waals surface area contributed by atoms with Gasteiger partial charge >= 0.3 is 0 Å². The van der Waals surface area contributed by atoms with E-state index in [4.69, 9.17) is 0 Å². The third-order valence-electron chi connectivity index (χ3n) is 2.51. The lowest BCUT2D eigenvalue weighted by molar-refractivity contribution is 1.12. The molecular formula is C12H22Si2. The van der Waals surface area contributed by atoms with E-state index in [1.807, 2.05) is 0 Å². The molecule has 14 heavy (non-hydrogen) atoms. The molecule has 0 aromatic heterocycles. The molecule has 0 aliphatic heterocycles. The maximum absolute atomic E-state index is 2.51. The van der Waals surface area contributed by atoms with E-state index in [1.54, 1.807) is 0 Å². The normalized spacial score (nSPS) is 12.6. The van der Waals surface area contributed by atoms with Gasteiger partial charge in [-0.3, -0.25) is 0 Å². The summed E-state index contributed by atoms with van der Waals surface area (Å²) in [4.78, 5) is 0. The fourth-order valence-corrected chi connectivity index (χ4v) is 6.94. The fourth-order valence-electron chi connectivity index (χ4n) is 1.58. The van der Waals surface area contributed by atoms with Gasteiger partial charge in [0.1, 0.15) is 0 Å². The highest BCUT2D eigenvalue weighted by atomic mass is 29.2. The van der Waals surface area contributed by atoms with E-state index in [0.717, 1.165) is 0 Å². The van der Waals surface area contributed by atoms with Crippen LogP contribution in [-0.4, -0.2) is 16.6 Å². The summed E-state index contributed by atoms with van der Waals surface area (Å²) in [6.45, 7) is 9.68. The van der Waals surface area contributed by atoms with Crippen LogP contribution >= 0.6 is 0 Å². The van der Waals surface area contributed by atoms with Gasteiger partial charge in [-0.1, -0.05) is 55.5 Å². The molecule has 0 heterocycles. The van der Waals surface area contributed by atoms with Crippen molar-refractivity contribution in [2.24, 2.45) is 0 Å². The van der Waals surface area contributed by atoms with Gasteiger partial charge in [0.15, 0.2) is 0 Å². The van der Waals surface area contributed by atoms with Gasteiger partial charge < -0.3 is 0 Å². The maximum atomic E-state index is 2.51. The van der Waals surface area contributed by atoms with Crippen LogP contribution in [-0.2, 0) is 6.42 Å². The summed E-state index contributed by atoms with van der Waals surface area (Å²) in [7, 11) is -0.448. The molecule has 0 fully saturated rings. The molecule has 0 unspecified atom stereocenters. The molecule has 0 bridgehead atoms. The third kappa shape index (κ3) is 4.77. The Hall–Kier alpha value is -0.346. The number of hydrogen-bond donors (Lipinski definition) is 0. The summed E-state index contributed by atoms with van der Waals surface area (Å²) >= 11 is 0. The van der Waals surface area contributed by atoms with Gasteiger partial charge in [-0.2, -0.15) is 0 Å². The number of benzene rings is 1. The number of hydrogen-bond acceptors (Lipinski definition) is 0. The molecule has 1 rings (SSSR count). The Morgan fingerprint density at radius 1 is 1.07 bits per heavy atom. The molecule has 0 spiro atoms. The van der Waals surface area contributed by atoms with Gasteiger partial charge in [0, 0.05) is 16.6 Å². The van der Waals surface area contributed by atoms with Crippen molar-refractivity contribution in [3.8, 4) is 0 Å². The Bertz CT molecular complexity index is 269. The zero-order valence-corrected chi connectivity index (χ0v) is 12.3. The number of rotatable bonds is 4. The van der Waals surface area contributed by atoms with Crippen LogP contribution in [0.15, 0.2) is 24.3 Å². The van der Waals surface area contributed by atoms with Crippen molar-refractivity contribution in [3.63, 3.8) is 0 Å². The van der Waals surface area contributed by atoms with Gasteiger partial charge in [-0.25, -0.2) is 0 Å². The SMILES string of the molecule is Cc1ccc(CC[SiH2][Si](C)(C)C)cc1. The quantitative estimate of drug-likeness (QED) is 0.687.